The molecule has 0 fully saturated rings. The van der Waals surface area contributed by atoms with Crippen molar-refractivity contribution >= 4 is 5.97 Å². The van der Waals surface area contributed by atoms with Gasteiger partial charge in [-0.1, -0.05) is 13.0 Å². The van der Waals surface area contributed by atoms with Gasteiger partial charge in [0.25, 0.3) is 0 Å². The average molecular weight is 221 g/mol. The second kappa shape index (κ2) is 4.22. The lowest BCUT2D eigenvalue weighted by atomic mass is 9.90. The van der Waals surface area contributed by atoms with Crippen molar-refractivity contribution in [3.05, 3.63) is 29.6 Å². The third kappa shape index (κ3) is 1.69. The third-order valence-electron chi connectivity index (χ3n) is 3.30. The molecule has 0 aromatic carbocycles. The van der Waals surface area contributed by atoms with Crippen molar-refractivity contribution in [2.45, 2.75) is 25.4 Å². The van der Waals surface area contributed by atoms with E-state index in [1.165, 1.54) is 7.11 Å². The van der Waals surface area contributed by atoms with Gasteiger partial charge in [-0.05, 0) is 17.5 Å². The first-order valence-corrected chi connectivity index (χ1v) is 5.35. The minimum Gasteiger partial charge on any atom is -0.469 e. The Morgan fingerprint density at radius 1 is 1.62 bits per heavy atom. The molecule has 1 heterocycles. The maximum atomic E-state index is 11.3. The molecule has 0 spiro atoms. The Kier molecular flexibility index (Phi) is 2.92. The highest BCUT2D eigenvalue weighted by Crippen LogP contribution is 2.45. The molecule has 0 saturated carbocycles. The zero-order valence-electron chi connectivity index (χ0n) is 9.38. The second-order valence-corrected chi connectivity index (χ2v) is 4.17. The van der Waals surface area contributed by atoms with Crippen LogP contribution < -0.4 is 0 Å². The molecule has 0 bridgehead atoms. The summed E-state index contributed by atoms with van der Waals surface area (Å²) >= 11 is 0. The lowest BCUT2D eigenvalue weighted by Gasteiger charge is -2.16. The van der Waals surface area contributed by atoms with Crippen LogP contribution in [0.2, 0.25) is 0 Å². The van der Waals surface area contributed by atoms with Crippen LogP contribution in [0.15, 0.2) is 18.3 Å². The quantitative estimate of drug-likeness (QED) is 0.767. The summed E-state index contributed by atoms with van der Waals surface area (Å²) in [5, 5.41) is 9.99. The first-order chi connectivity index (χ1) is 7.65. The number of carbonyl (C=O) groups excluding carboxylic acids is 1. The van der Waals surface area contributed by atoms with Crippen molar-refractivity contribution in [2.75, 3.05) is 7.11 Å². The molecule has 1 aromatic heterocycles. The van der Waals surface area contributed by atoms with Crippen LogP contribution in [-0.2, 0) is 9.53 Å². The number of rotatable bonds is 2. The highest BCUT2D eigenvalue weighted by molar-refractivity contribution is 5.70. The minimum absolute atomic E-state index is 0.00370. The summed E-state index contributed by atoms with van der Waals surface area (Å²) in [4.78, 5) is 15.5. The largest absolute Gasteiger partial charge is 0.469 e. The summed E-state index contributed by atoms with van der Waals surface area (Å²) in [6.07, 6.45) is 1.38. The van der Waals surface area contributed by atoms with Gasteiger partial charge in [0.2, 0.25) is 0 Å². The van der Waals surface area contributed by atoms with Crippen LogP contribution >= 0.6 is 0 Å². The van der Waals surface area contributed by atoms with Gasteiger partial charge in [-0.3, -0.25) is 9.78 Å². The number of esters is 1. The highest BCUT2D eigenvalue weighted by atomic mass is 16.5. The van der Waals surface area contributed by atoms with Crippen molar-refractivity contribution in [1.82, 2.24) is 4.98 Å². The molecule has 3 unspecified atom stereocenters. The van der Waals surface area contributed by atoms with E-state index in [0.29, 0.717) is 12.1 Å². The molecule has 86 valence electrons. The molecule has 0 saturated heterocycles. The number of nitrogens with zero attached hydrogens (tertiary/aromatic N) is 1. The van der Waals surface area contributed by atoms with Crippen molar-refractivity contribution < 1.29 is 14.6 Å². The molecule has 4 nitrogen and oxygen atoms in total. The summed E-state index contributed by atoms with van der Waals surface area (Å²) in [6, 6.07) is 3.75. The molecule has 16 heavy (non-hydrogen) atoms. The van der Waals surface area contributed by atoms with Crippen LogP contribution in [0.25, 0.3) is 0 Å². The fourth-order valence-electron chi connectivity index (χ4n) is 2.30. The average Bonchev–Trinajstić information content (AvgIpc) is 2.55. The van der Waals surface area contributed by atoms with Gasteiger partial charge < -0.3 is 9.84 Å². The predicted octanol–water partition coefficient (Wildman–Crippen LogP) is 1.41. The van der Waals surface area contributed by atoms with Gasteiger partial charge in [0.1, 0.15) is 0 Å². The SMILES string of the molecule is COC(=O)CC1c2cccnc2C(O)C1C. The smallest absolute Gasteiger partial charge is 0.306 e. The van der Waals surface area contributed by atoms with Crippen molar-refractivity contribution in [3.63, 3.8) is 0 Å². The summed E-state index contributed by atoms with van der Waals surface area (Å²) in [5.74, 6) is -0.240. The lowest BCUT2D eigenvalue weighted by Crippen LogP contribution is -2.13. The van der Waals surface area contributed by atoms with E-state index in [1.807, 2.05) is 19.1 Å². The molecule has 1 aliphatic rings. The van der Waals surface area contributed by atoms with Crippen LogP contribution in [0.1, 0.15) is 36.6 Å². The number of aromatic nitrogens is 1. The Hall–Kier alpha value is -1.42. The molecular weight excluding hydrogens is 206 g/mol. The normalized spacial score (nSPS) is 27.6. The Balaban J connectivity index is 2.30. The first kappa shape index (κ1) is 11.1. The summed E-state index contributed by atoms with van der Waals surface area (Å²) in [5.41, 5.74) is 1.66. The number of hydrogen-bond acceptors (Lipinski definition) is 4. The van der Waals surface area contributed by atoms with Gasteiger partial charge >= 0.3 is 5.97 Å². The van der Waals surface area contributed by atoms with E-state index in [1.54, 1.807) is 6.20 Å². The van der Waals surface area contributed by atoms with Crippen LogP contribution in [0.5, 0.6) is 0 Å². The standard InChI is InChI=1S/C12H15NO3/c1-7-9(6-10(14)16-2)8-4-3-5-13-11(8)12(7)15/h3-5,7,9,12,15H,6H2,1-2H3. The Morgan fingerprint density at radius 3 is 3.06 bits per heavy atom. The summed E-state index contributed by atoms with van der Waals surface area (Å²) in [6.45, 7) is 1.93. The number of aliphatic hydroxyl groups excluding tert-OH is 1. The molecule has 0 amide bonds. The molecule has 0 radical (unpaired) electrons. The molecule has 3 atom stereocenters. The van der Waals surface area contributed by atoms with Gasteiger partial charge in [-0.15, -0.1) is 0 Å². The van der Waals surface area contributed by atoms with Gasteiger partial charge in [0.05, 0.1) is 25.3 Å². The number of ether oxygens (including phenoxy) is 1. The fourth-order valence-corrected chi connectivity index (χ4v) is 2.30. The second-order valence-electron chi connectivity index (χ2n) is 4.17. The molecule has 1 aromatic rings. The minimum atomic E-state index is -0.578. The Labute approximate surface area is 94.3 Å². The number of methoxy groups -OCH3 is 1. The van der Waals surface area contributed by atoms with Crippen molar-refractivity contribution in [3.8, 4) is 0 Å². The van der Waals surface area contributed by atoms with E-state index >= 15 is 0 Å². The zero-order chi connectivity index (χ0) is 11.7. The number of carbonyl (C=O) groups is 1. The summed E-state index contributed by atoms with van der Waals surface area (Å²) < 4.78 is 4.67. The fraction of sp³-hybridized carbons (Fsp3) is 0.500. The van der Waals surface area contributed by atoms with Gasteiger partial charge in [0, 0.05) is 12.1 Å². The number of fused-ring (bicyclic) bond motifs is 1. The van der Waals surface area contributed by atoms with Gasteiger partial charge in [0.15, 0.2) is 0 Å². The zero-order valence-corrected chi connectivity index (χ0v) is 9.38. The summed E-state index contributed by atoms with van der Waals surface area (Å²) in [7, 11) is 1.38. The number of hydrogen-bond donors (Lipinski definition) is 1. The Bertz CT molecular complexity index is 405. The third-order valence-corrected chi connectivity index (χ3v) is 3.30. The number of pyridine rings is 1. The first-order valence-electron chi connectivity index (χ1n) is 5.35. The predicted molar refractivity (Wildman–Crippen MR) is 57.7 cm³/mol. The van der Waals surface area contributed by atoms with Crippen molar-refractivity contribution in [2.24, 2.45) is 5.92 Å². The molecule has 4 heteroatoms. The van der Waals surface area contributed by atoms with E-state index in [-0.39, 0.29) is 17.8 Å². The maximum absolute atomic E-state index is 11.3. The maximum Gasteiger partial charge on any atom is 0.306 e. The van der Waals surface area contributed by atoms with E-state index in [4.69, 9.17) is 0 Å². The van der Waals surface area contributed by atoms with E-state index in [9.17, 15) is 9.90 Å². The highest BCUT2D eigenvalue weighted by Gasteiger charge is 2.38. The molecular formula is C12H15NO3. The molecule has 1 aliphatic carbocycles. The topological polar surface area (TPSA) is 59.4 Å². The van der Waals surface area contributed by atoms with E-state index in [0.717, 1.165) is 5.56 Å². The van der Waals surface area contributed by atoms with Gasteiger partial charge in [-0.25, -0.2) is 0 Å². The number of aliphatic hydroxyl groups is 1. The van der Waals surface area contributed by atoms with Crippen LogP contribution in [0.3, 0.4) is 0 Å². The van der Waals surface area contributed by atoms with Crippen LogP contribution in [0, 0.1) is 5.92 Å². The monoisotopic (exact) mass is 221 g/mol. The van der Waals surface area contributed by atoms with Gasteiger partial charge in [-0.2, -0.15) is 0 Å². The van der Waals surface area contributed by atoms with Crippen LogP contribution in [0.4, 0.5) is 0 Å². The van der Waals surface area contributed by atoms with E-state index < -0.39 is 6.10 Å². The van der Waals surface area contributed by atoms with Crippen LogP contribution in [-0.4, -0.2) is 23.2 Å². The van der Waals surface area contributed by atoms with E-state index in [2.05, 4.69) is 9.72 Å². The Morgan fingerprint density at radius 2 is 2.38 bits per heavy atom. The molecule has 2 rings (SSSR count). The lowest BCUT2D eigenvalue weighted by molar-refractivity contribution is -0.141. The molecule has 0 aliphatic heterocycles. The molecule has 1 N–H and O–H groups in total. The van der Waals surface area contributed by atoms with Crippen molar-refractivity contribution in [1.29, 1.82) is 0 Å².